The number of rotatable bonds is 6. The molecule has 2 aliphatic heterocycles. The van der Waals surface area contributed by atoms with E-state index >= 15 is 0 Å². The van der Waals surface area contributed by atoms with Gasteiger partial charge in [-0.2, -0.15) is 0 Å². The Hall–Kier alpha value is -1.58. The van der Waals surface area contributed by atoms with Crippen LogP contribution in [-0.2, 0) is 4.74 Å². The molecule has 3 N–H and O–H groups in total. The van der Waals surface area contributed by atoms with Gasteiger partial charge in [0.15, 0.2) is 0 Å². The molecule has 0 aliphatic carbocycles. The molecule has 2 aliphatic rings. The molecule has 2 unspecified atom stereocenters. The molecule has 9 nitrogen and oxygen atoms in total. The molecule has 2 saturated heterocycles. The fourth-order valence-corrected chi connectivity index (χ4v) is 2.50. The van der Waals surface area contributed by atoms with Gasteiger partial charge in [-0.1, -0.05) is 0 Å². The number of nitrogens with one attached hydrogen (secondary N) is 1. The zero-order valence-corrected chi connectivity index (χ0v) is 10.7. The van der Waals surface area contributed by atoms with E-state index in [-0.39, 0.29) is 45.1 Å². The van der Waals surface area contributed by atoms with Gasteiger partial charge in [-0.25, -0.2) is 9.59 Å². The molecule has 2 fully saturated rings. The number of carbonyl (C=O) groups excluding carboxylic acids is 2. The second-order valence-electron chi connectivity index (χ2n) is 4.31. The smallest absolute Gasteiger partial charge is 0.325 e. The minimum absolute atomic E-state index is 0.0508. The van der Waals surface area contributed by atoms with E-state index in [2.05, 4.69) is 5.32 Å². The van der Waals surface area contributed by atoms with Crippen LogP contribution in [0.1, 0.15) is 0 Å². The van der Waals surface area contributed by atoms with Crippen molar-refractivity contribution < 1.29 is 24.5 Å². The zero-order valence-electron chi connectivity index (χ0n) is 10.7. The number of hydrogen-bond acceptors (Lipinski definition) is 5. The van der Waals surface area contributed by atoms with E-state index in [4.69, 9.17) is 14.9 Å². The number of β-amino-alcohol motifs (C(OH)–C–C–N with tert-alkyl or cyclic N) is 2. The first-order chi connectivity index (χ1) is 9.15. The molecule has 0 aromatic rings. The number of nitrogens with zero attached hydrogens (tertiary/aromatic N) is 3. The molecule has 0 aromatic carbocycles. The number of carbonyl (C=O) groups is 2. The lowest BCUT2D eigenvalue weighted by molar-refractivity contribution is 0.0661. The standard InChI is InChI=1S/C10H18N4O5/c1-19-6-14-7-8(13(3-5-16)10(14)18)12(2-4-15)9(17)11-7/h7-8,15-16H,2-6H2,1H3,(H,11,17). The summed E-state index contributed by atoms with van der Waals surface area (Å²) in [6.45, 7) is -0.0890. The number of aliphatic hydroxyl groups excluding tert-OH is 2. The summed E-state index contributed by atoms with van der Waals surface area (Å²) in [6, 6.07) is -0.658. The zero-order chi connectivity index (χ0) is 14.0. The molecule has 19 heavy (non-hydrogen) atoms. The minimum Gasteiger partial charge on any atom is -0.395 e. The second-order valence-corrected chi connectivity index (χ2v) is 4.31. The van der Waals surface area contributed by atoms with E-state index in [1.54, 1.807) is 0 Å². The first kappa shape index (κ1) is 13.8. The van der Waals surface area contributed by atoms with Crippen molar-refractivity contribution in [3.63, 3.8) is 0 Å². The van der Waals surface area contributed by atoms with Crippen LogP contribution in [0.2, 0.25) is 0 Å². The Morgan fingerprint density at radius 3 is 2.37 bits per heavy atom. The van der Waals surface area contributed by atoms with Gasteiger partial charge in [-0.3, -0.25) is 14.7 Å². The quantitative estimate of drug-likeness (QED) is 0.519. The van der Waals surface area contributed by atoms with Gasteiger partial charge in [0, 0.05) is 20.2 Å². The summed E-state index contributed by atoms with van der Waals surface area (Å²) in [7, 11) is 1.46. The van der Waals surface area contributed by atoms with Crippen LogP contribution in [0.15, 0.2) is 0 Å². The Balaban J connectivity index is 2.24. The summed E-state index contributed by atoms with van der Waals surface area (Å²) >= 11 is 0. The number of methoxy groups -OCH3 is 1. The van der Waals surface area contributed by atoms with Gasteiger partial charge in [-0.15, -0.1) is 0 Å². The number of urea groups is 2. The number of fused-ring (bicyclic) bond motifs is 1. The molecule has 0 spiro atoms. The summed E-state index contributed by atoms with van der Waals surface area (Å²) in [5.74, 6) is 0. The molecule has 4 amide bonds. The van der Waals surface area contributed by atoms with E-state index in [1.807, 2.05) is 0 Å². The maximum Gasteiger partial charge on any atom is 0.325 e. The van der Waals surface area contributed by atoms with Crippen molar-refractivity contribution in [2.75, 3.05) is 40.1 Å². The van der Waals surface area contributed by atoms with Crippen LogP contribution in [-0.4, -0.2) is 89.5 Å². The molecule has 108 valence electrons. The molecule has 9 heteroatoms. The van der Waals surface area contributed by atoms with E-state index < -0.39 is 12.3 Å². The van der Waals surface area contributed by atoms with Gasteiger partial charge in [-0.05, 0) is 0 Å². The van der Waals surface area contributed by atoms with E-state index in [9.17, 15) is 9.59 Å². The first-order valence-electron chi connectivity index (χ1n) is 6.00. The highest BCUT2D eigenvalue weighted by molar-refractivity contribution is 5.85. The van der Waals surface area contributed by atoms with Gasteiger partial charge >= 0.3 is 12.1 Å². The van der Waals surface area contributed by atoms with Gasteiger partial charge < -0.3 is 20.3 Å². The topological polar surface area (TPSA) is 106 Å². The predicted molar refractivity (Wildman–Crippen MR) is 62.8 cm³/mol. The first-order valence-corrected chi connectivity index (χ1v) is 6.00. The van der Waals surface area contributed by atoms with E-state index in [0.29, 0.717) is 0 Å². The lowest BCUT2D eigenvalue weighted by Crippen LogP contribution is -2.48. The van der Waals surface area contributed by atoms with Gasteiger partial charge in [0.05, 0.1) is 13.2 Å². The third kappa shape index (κ3) is 2.20. The van der Waals surface area contributed by atoms with Crippen LogP contribution in [0.3, 0.4) is 0 Å². The summed E-state index contributed by atoms with van der Waals surface area (Å²) in [6.07, 6.45) is -1.06. The van der Waals surface area contributed by atoms with Gasteiger partial charge in [0.2, 0.25) is 0 Å². The molecular weight excluding hydrogens is 256 g/mol. The molecule has 2 heterocycles. The number of hydrogen-bond donors (Lipinski definition) is 3. The number of amides is 4. The van der Waals surface area contributed by atoms with Crippen LogP contribution in [0, 0.1) is 0 Å². The van der Waals surface area contributed by atoms with Crippen LogP contribution < -0.4 is 5.32 Å². The summed E-state index contributed by atoms with van der Waals surface area (Å²) in [5.41, 5.74) is 0. The molecule has 2 rings (SSSR count). The van der Waals surface area contributed by atoms with Crippen molar-refractivity contribution in [3.05, 3.63) is 0 Å². The molecule has 0 aromatic heterocycles. The number of ether oxygens (including phenoxy) is 1. The molecular formula is C10H18N4O5. The SMILES string of the molecule is COCN1C(=O)N(CCO)C2C1NC(=O)N2CCO. The predicted octanol–water partition coefficient (Wildman–Crippen LogP) is -2.01. The monoisotopic (exact) mass is 274 g/mol. The maximum atomic E-state index is 12.2. The second kappa shape index (κ2) is 5.59. The minimum atomic E-state index is -0.533. The van der Waals surface area contributed by atoms with E-state index in [0.717, 1.165) is 0 Å². The normalized spacial score (nSPS) is 26.2. The molecule has 0 saturated carbocycles. The average Bonchev–Trinajstić information content (AvgIpc) is 2.81. The fourth-order valence-electron chi connectivity index (χ4n) is 2.50. The van der Waals surface area contributed by atoms with Crippen LogP contribution in [0.4, 0.5) is 9.59 Å². The van der Waals surface area contributed by atoms with Crippen molar-refractivity contribution in [3.8, 4) is 0 Å². The summed E-state index contributed by atoms with van der Waals surface area (Å²) < 4.78 is 4.96. The number of aliphatic hydroxyl groups is 2. The maximum absolute atomic E-state index is 12.2. The highest BCUT2D eigenvalue weighted by atomic mass is 16.5. The van der Waals surface area contributed by atoms with Gasteiger partial charge in [0.1, 0.15) is 19.1 Å². The largest absolute Gasteiger partial charge is 0.395 e. The van der Waals surface area contributed by atoms with E-state index in [1.165, 1.54) is 21.8 Å². The van der Waals surface area contributed by atoms with Crippen molar-refractivity contribution >= 4 is 12.1 Å². The van der Waals surface area contributed by atoms with Crippen LogP contribution in [0.5, 0.6) is 0 Å². The summed E-state index contributed by atoms with van der Waals surface area (Å²) in [4.78, 5) is 28.2. The van der Waals surface area contributed by atoms with Crippen LogP contribution in [0.25, 0.3) is 0 Å². The van der Waals surface area contributed by atoms with Crippen molar-refractivity contribution in [2.45, 2.75) is 12.3 Å². The molecule has 2 atom stereocenters. The van der Waals surface area contributed by atoms with Gasteiger partial charge in [0.25, 0.3) is 0 Å². The van der Waals surface area contributed by atoms with Crippen molar-refractivity contribution in [2.24, 2.45) is 0 Å². The Bertz CT molecular complexity index is 362. The molecule has 0 radical (unpaired) electrons. The Labute approximate surface area is 110 Å². The van der Waals surface area contributed by atoms with Crippen molar-refractivity contribution in [1.82, 2.24) is 20.0 Å². The average molecular weight is 274 g/mol. The van der Waals surface area contributed by atoms with Crippen molar-refractivity contribution in [1.29, 1.82) is 0 Å². The fraction of sp³-hybridized carbons (Fsp3) is 0.800. The molecule has 0 bridgehead atoms. The third-order valence-corrected chi connectivity index (χ3v) is 3.23. The van der Waals surface area contributed by atoms with Crippen LogP contribution >= 0.6 is 0 Å². The highest BCUT2D eigenvalue weighted by Crippen LogP contribution is 2.28. The lowest BCUT2D eigenvalue weighted by Gasteiger charge is -2.28. The third-order valence-electron chi connectivity index (χ3n) is 3.23. The summed E-state index contributed by atoms with van der Waals surface area (Å²) in [5, 5.41) is 20.7. The Kier molecular flexibility index (Phi) is 4.08. The Morgan fingerprint density at radius 2 is 1.79 bits per heavy atom. The Morgan fingerprint density at radius 1 is 1.16 bits per heavy atom. The lowest BCUT2D eigenvalue weighted by atomic mass is 10.3. The highest BCUT2D eigenvalue weighted by Gasteiger charge is 2.54.